The van der Waals surface area contributed by atoms with Crippen LogP contribution in [0.25, 0.3) is 0 Å². The van der Waals surface area contributed by atoms with E-state index in [4.69, 9.17) is 0 Å². The minimum Gasteiger partial charge on any atom is -0.298 e. The molecule has 2 atom stereocenters. The minimum atomic E-state index is 0.189. The number of aliphatic imine (C=N–C) groups is 1. The van der Waals surface area contributed by atoms with Crippen LogP contribution in [-0.4, -0.2) is 22.6 Å². The second kappa shape index (κ2) is 2.38. The fourth-order valence-corrected chi connectivity index (χ4v) is 2.51. The van der Waals surface area contributed by atoms with Crippen LogP contribution in [0.5, 0.6) is 0 Å². The molecule has 0 radical (unpaired) electrons. The zero-order chi connectivity index (χ0) is 6.97. The average Bonchev–Trinajstić information content (AvgIpc) is 2.36. The van der Waals surface area contributed by atoms with Crippen molar-refractivity contribution >= 4 is 23.1 Å². The largest absolute Gasteiger partial charge is 0.298 e. The summed E-state index contributed by atoms with van der Waals surface area (Å²) in [7, 11) is 0. The third-order valence-corrected chi connectivity index (χ3v) is 3.16. The van der Waals surface area contributed by atoms with Gasteiger partial charge in [-0.3, -0.25) is 9.79 Å². The lowest BCUT2D eigenvalue weighted by Crippen LogP contribution is -2.31. The van der Waals surface area contributed by atoms with Crippen molar-refractivity contribution < 1.29 is 4.79 Å². The predicted octanol–water partition coefficient (Wildman–Crippen LogP) is 1.25. The summed E-state index contributed by atoms with van der Waals surface area (Å²) in [4.78, 5) is 15.4. The van der Waals surface area contributed by atoms with Gasteiger partial charge in [0.05, 0.1) is 16.8 Å². The summed E-state index contributed by atoms with van der Waals surface area (Å²) in [5.74, 6) is 0.402. The number of fused-ring (bicyclic) bond motifs is 1. The number of rotatable bonds is 0. The van der Waals surface area contributed by atoms with Crippen LogP contribution in [0.4, 0.5) is 0 Å². The highest BCUT2D eigenvalue weighted by molar-refractivity contribution is 8.13. The van der Waals surface area contributed by atoms with Crippen molar-refractivity contribution in [3.05, 3.63) is 0 Å². The Labute approximate surface area is 64.1 Å². The van der Waals surface area contributed by atoms with E-state index in [-0.39, 0.29) is 5.25 Å². The maximum atomic E-state index is 11.2. The standard InChI is InChI=1S/C7H9NOS/c9-6-3-1-2-5-7(6)10-4-8-5/h4-5,7H,1-3H2. The molecule has 2 rings (SSSR count). The van der Waals surface area contributed by atoms with Crippen molar-refractivity contribution in [1.82, 2.24) is 0 Å². The molecule has 1 aliphatic carbocycles. The third-order valence-electron chi connectivity index (χ3n) is 2.05. The first-order chi connectivity index (χ1) is 4.88. The van der Waals surface area contributed by atoms with Gasteiger partial charge in [0.2, 0.25) is 0 Å². The van der Waals surface area contributed by atoms with Gasteiger partial charge in [-0.15, -0.1) is 11.8 Å². The highest BCUT2D eigenvalue weighted by atomic mass is 32.2. The van der Waals surface area contributed by atoms with E-state index in [9.17, 15) is 4.79 Å². The van der Waals surface area contributed by atoms with Crippen LogP contribution in [-0.2, 0) is 4.79 Å². The van der Waals surface area contributed by atoms with Crippen molar-refractivity contribution in [2.24, 2.45) is 4.99 Å². The van der Waals surface area contributed by atoms with Gasteiger partial charge >= 0.3 is 0 Å². The SMILES string of the molecule is O=C1CCCC2N=CSC12. The Balaban J connectivity index is 2.14. The summed E-state index contributed by atoms with van der Waals surface area (Å²) < 4.78 is 0. The first kappa shape index (κ1) is 6.40. The minimum absolute atomic E-state index is 0.189. The third kappa shape index (κ3) is 0.888. The lowest BCUT2D eigenvalue weighted by atomic mass is 9.94. The number of hydrogen-bond acceptors (Lipinski definition) is 3. The zero-order valence-corrected chi connectivity index (χ0v) is 6.43. The second-order valence-electron chi connectivity index (χ2n) is 2.74. The van der Waals surface area contributed by atoms with Gasteiger partial charge in [-0.2, -0.15) is 0 Å². The molecule has 0 bridgehead atoms. The van der Waals surface area contributed by atoms with Gasteiger partial charge in [-0.25, -0.2) is 0 Å². The molecule has 0 aromatic carbocycles. The van der Waals surface area contributed by atoms with Crippen LogP contribution >= 0.6 is 11.8 Å². The Hall–Kier alpha value is -0.310. The topological polar surface area (TPSA) is 29.4 Å². The molecule has 1 aliphatic heterocycles. The monoisotopic (exact) mass is 155 g/mol. The predicted molar refractivity (Wildman–Crippen MR) is 42.5 cm³/mol. The molecule has 1 saturated carbocycles. The van der Waals surface area contributed by atoms with E-state index in [2.05, 4.69) is 4.99 Å². The van der Waals surface area contributed by atoms with Crippen molar-refractivity contribution in [2.45, 2.75) is 30.6 Å². The Morgan fingerprint density at radius 2 is 2.60 bits per heavy atom. The molecule has 0 aromatic heterocycles. The zero-order valence-electron chi connectivity index (χ0n) is 5.62. The van der Waals surface area contributed by atoms with Crippen molar-refractivity contribution in [2.75, 3.05) is 0 Å². The van der Waals surface area contributed by atoms with Gasteiger partial charge in [0, 0.05) is 6.42 Å². The van der Waals surface area contributed by atoms with Gasteiger partial charge in [0.15, 0.2) is 0 Å². The fourth-order valence-electron chi connectivity index (χ4n) is 1.49. The first-order valence-electron chi connectivity index (χ1n) is 3.58. The molecule has 1 heterocycles. The molecule has 2 nitrogen and oxygen atoms in total. The summed E-state index contributed by atoms with van der Waals surface area (Å²) in [6, 6.07) is 0.325. The van der Waals surface area contributed by atoms with Gasteiger partial charge in [0.1, 0.15) is 5.78 Å². The molecule has 0 aromatic rings. The Morgan fingerprint density at radius 3 is 3.40 bits per heavy atom. The Morgan fingerprint density at radius 1 is 1.70 bits per heavy atom. The average molecular weight is 155 g/mol. The Kier molecular flexibility index (Phi) is 1.52. The Bertz CT molecular complexity index is 190. The second-order valence-corrected chi connectivity index (χ2v) is 3.73. The molecule has 0 saturated heterocycles. The molecule has 0 N–H and O–H groups in total. The lowest BCUT2D eigenvalue weighted by molar-refractivity contribution is -0.119. The van der Waals surface area contributed by atoms with E-state index < -0.39 is 0 Å². The fraction of sp³-hybridized carbons (Fsp3) is 0.714. The number of ketones is 1. The number of hydrogen-bond donors (Lipinski definition) is 0. The van der Waals surface area contributed by atoms with Crippen molar-refractivity contribution in [3.8, 4) is 0 Å². The van der Waals surface area contributed by atoms with Crippen LogP contribution in [0.3, 0.4) is 0 Å². The van der Waals surface area contributed by atoms with Gasteiger partial charge in [-0.05, 0) is 12.8 Å². The van der Waals surface area contributed by atoms with Crippen LogP contribution in [0.15, 0.2) is 4.99 Å². The van der Waals surface area contributed by atoms with Crippen molar-refractivity contribution in [3.63, 3.8) is 0 Å². The van der Waals surface area contributed by atoms with Crippen LogP contribution in [0.1, 0.15) is 19.3 Å². The maximum absolute atomic E-state index is 11.2. The number of thioether (sulfide) groups is 1. The number of carbonyl (C=O) groups is 1. The normalized spacial score (nSPS) is 38.2. The maximum Gasteiger partial charge on any atom is 0.148 e. The van der Waals surface area contributed by atoms with E-state index in [1.807, 2.05) is 5.55 Å². The van der Waals surface area contributed by atoms with Crippen LogP contribution < -0.4 is 0 Å². The van der Waals surface area contributed by atoms with E-state index in [0.29, 0.717) is 11.8 Å². The molecule has 2 unspecified atom stereocenters. The van der Waals surface area contributed by atoms with E-state index in [1.54, 1.807) is 11.8 Å². The molecule has 3 heteroatoms. The number of carbonyl (C=O) groups excluding carboxylic acids is 1. The van der Waals surface area contributed by atoms with E-state index >= 15 is 0 Å². The summed E-state index contributed by atoms with van der Waals surface area (Å²) >= 11 is 1.59. The van der Waals surface area contributed by atoms with Crippen LogP contribution in [0.2, 0.25) is 0 Å². The highest BCUT2D eigenvalue weighted by Gasteiger charge is 2.34. The summed E-state index contributed by atoms with van der Waals surface area (Å²) in [5.41, 5.74) is 1.83. The van der Waals surface area contributed by atoms with Gasteiger partial charge in [0.25, 0.3) is 0 Å². The molecule has 0 amide bonds. The molecular formula is C7H9NOS. The molecule has 1 fully saturated rings. The first-order valence-corrected chi connectivity index (χ1v) is 4.52. The molecule has 0 spiro atoms. The number of nitrogens with zero attached hydrogens (tertiary/aromatic N) is 1. The van der Waals surface area contributed by atoms with E-state index in [0.717, 1.165) is 19.3 Å². The smallest absolute Gasteiger partial charge is 0.148 e. The molecular weight excluding hydrogens is 146 g/mol. The summed E-state index contributed by atoms with van der Waals surface area (Å²) in [6.45, 7) is 0. The number of Topliss-reactive ketones (excluding diaryl/α,β-unsaturated/α-hetero) is 1. The van der Waals surface area contributed by atoms with Gasteiger partial charge in [-0.1, -0.05) is 0 Å². The van der Waals surface area contributed by atoms with E-state index in [1.165, 1.54) is 0 Å². The van der Waals surface area contributed by atoms with Crippen molar-refractivity contribution in [1.29, 1.82) is 0 Å². The lowest BCUT2D eigenvalue weighted by Gasteiger charge is -2.20. The molecule has 10 heavy (non-hydrogen) atoms. The summed E-state index contributed by atoms with van der Waals surface area (Å²) in [5, 5.41) is 0.189. The molecule has 54 valence electrons. The summed E-state index contributed by atoms with van der Waals surface area (Å²) in [6.07, 6.45) is 2.93. The quantitative estimate of drug-likeness (QED) is 0.527. The van der Waals surface area contributed by atoms with Crippen LogP contribution in [0, 0.1) is 0 Å². The highest BCUT2D eigenvalue weighted by Crippen LogP contribution is 2.31. The van der Waals surface area contributed by atoms with Gasteiger partial charge < -0.3 is 0 Å². The molecule has 2 aliphatic rings.